The summed E-state index contributed by atoms with van der Waals surface area (Å²) in [6.45, 7) is 7.50. The smallest absolute Gasteiger partial charge is 0.282 e. The SMILES string of the molecule is CCC(CCN)N1CCN(S(=O)(=O)N2CCOCC2)CC1. The summed E-state index contributed by atoms with van der Waals surface area (Å²) < 4.78 is 33.5. The molecule has 0 aromatic heterocycles. The molecule has 7 nitrogen and oxygen atoms in total. The molecule has 0 aromatic rings. The van der Waals surface area contributed by atoms with E-state index < -0.39 is 10.2 Å². The summed E-state index contributed by atoms with van der Waals surface area (Å²) in [7, 11) is -3.32. The van der Waals surface area contributed by atoms with Gasteiger partial charge in [-0.3, -0.25) is 4.90 Å². The Hall–Kier alpha value is -0.250. The van der Waals surface area contributed by atoms with E-state index in [-0.39, 0.29) is 0 Å². The first kappa shape index (κ1) is 17.1. The van der Waals surface area contributed by atoms with Gasteiger partial charge in [-0.25, -0.2) is 0 Å². The first-order valence-corrected chi connectivity index (χ1v) is 9.26. The predicted molar refractivity (Wildman–Crippen MR) is 82.2 cm³/mol. The van der Waals surface area contributed by atoms with Gasteiger partial charge < -0.3 is 10.5 Å². The van der Waals surface area contributed by atoms with Gasteiger partial charge in [-0.2, -0.15) is 17.0 Å². The maximum absolute atomic E-state index is 12.6. The van der Waals surface area contributed by atoms with Gasteiger partial charge in [-0.05, 0) is 19.4 Å². The van der Waals surface area contributed by atoms with E-state index in [0.717, 1.165) is 25.9 Å². The Bertz CT molecular complexity index is 404. The van der Waals surface area contributed by atoms with Crippen molar-refractivity contribution in [3.63, 3.8) is 0 Å². The van der Waals surface area contributed by atoms with Gasteiger partial charge in [0.2, 0.25) is 0 Å². The molecule has 2 aliphatic heterocycles. The molecule has 1 atom stereocenters. The Morgan fingerprint density at radius 1 is 1.05 bits per heavy atom. The quantitative estimate of drug-likeness (QED) is 0.701. The van der Waals surface area contributed by atoms with Gasteiger partial charge in [-0.1, -0.05) is 6.92 Å². The van der Waals surface area contributed by atoms with Crippen molar-refractivity contribution in [3.05, 3.63) is 0 Å². The molecule has 0 amide bonds. The first-order valence-electron chi connectivity index (χ1n) is 7.86. The summed E-state index contributed by atoms with van der Waals surface area (Å²) in [5, 5.41) is 0. The molecule has 0 radical (unpaired) electrons. The van der Waals surface area contributed by atoms with Crippen LogP contribution < -0.4 is 5.73 Å². The van der Waals surface area contributed by atoms with E-state index in [9.17, 15) is 8.42 Å². The summed E-state index contributed by atoms with van der Waals surface area (Å²) in [4.78, 5) is 2.37. The molecule has 1 unspecified atom stereocenters. The van der Waals surface area contributed by atoms with Crippen molar-refractivity contribution in [2.75, 3.05) is 59.0 Å². The van der Waals surface area contributed by atoms with Crippen LogP contribution in [0.5, 0.6) is 0 Å². The van der Waals surface area contributed by atoms with Crippen LogP contribution in [0.3, 0.4) is 0 Å². The Kier molecular flexibility index (Phi) is 6.39. The minimum Gasteiger partial charge on any atom is -0.379 e. The molecule has 2 rings (SSSR count). The molecule has 0 aliphatic carbocycles. The molecule has 2 heterocycles. The van der Waals surface area contributed by atoms with Crippen LogP contribution in [-0.4, -0.2) is 87.0 Å². The lowest BCUT2D eigenvalue weighted by Gasteiger charge is -2.40. The molecule has 8 heteroatoms. The zero-order chi connectivity index (χ0) is 15.3. The Balaban J connectivity index is 1.90. The first-order chi connectivity index (χ1) is 10.1. The average Bonchev–Trinajstić information content (AvgIpc) is 2.53. The van der Waals surface area contributed by atoms with Crippen LogP contribution in [0.4, 0.5) is 0 Å². The van der Waals surface area contributed by atoms with Crippen molar-refractivity contribution in [1.29, 1.82) is 0 Å². The second-order valence-electron chi connectivity index (χ2n) is 5.59. The average molecular weight is 320 g/mol. The van der Waals surface area contributed by atoms with Crippen molar-refractivity contribution >= 4 is 10.2 Å². The minimum absolute atomic E-state index is 0.466. The number of morpholine rings is 1. The lowest BCUT2D eigenvalue weighted by atomic mass is 10.1. The van der Waals surface area contributed by atoms with Crippen LogP contribution in [0.25, 0.3) is 0 Å². The van der Waals surface area contributed by atoms with E-state index >= 15 is 0 Å². The zero-order valence-electron chi connectivity index (χ0n) is 12.9. The predicted octanol–water partition coefficient (Wildman–Crippen LogP) is -0.692. The third-order valence-electron chi connectivity index (χ3n) is 4.38. The number of hydrogen-bond acceptors (Lipinski definition) is 5. The highest BCUT2D eigenvalue weighted by molar-refractivity contribution is 7.86. The number of nitrogens with two attached hydrogens (primary N) is 1. The molecule has 21 heavy (non-hydrogen) atoms. The van der Waals surface area contributed by atoms with E-state index in [1.54, 1.807) is 8.61 Å². The van der Waals surface area contributed by atoms with Gasteiger partial charge >= 0.3 is 0 Å². The van der Waals surface area contributed by atoms with Gasteiger partial charge in [0.25, 0.3) is 10.2 Å². The van der Waals surface area contributed by atoms with Crippen molar-refractivity contribution in [2.24, 2.45) is 5.73 Å². The fourth-order valence-electron chi connectivity index (χ4n) is 3.08. The van der Waals surface area contributed by atoms with Gasteiger partial charge in [0.1, 0.15) is 0 Å². The number of hydrogen-bond donors (Lipinski definition) is 1. The number of nitrogens with zero attached hydrogens (tertiary/aromatic N) is 3. The molecule has 2 aliphatic rings. The van der Waals surface area contributed by atoms with Crippen molar-refractivity contribution in [2.45, 2.75) is 25.8 Å². The van der Waals surface area contributed by atoms with E-state index in [0.29, 0.717) is 52.0 Å². The van der Waals surface area contributed by atoms with Crippen LogP contribution >= 0.6 is 0 Å². The lowest BCUT2D eigenvalue weighted by Crippen LogP contribution is -2.56. The topological polar surface area (TPSA) is 79.1 Å². The third kappa shape index (κ3) is 4.14. The minimum atomic E-state index is -3.32. The summed E-state index contributed by atoms with van der Waals surface area (Å²) in [6, 6.07) is 0.475. The fourth-order valence-corrected chi connectivity index (χ4v) is 4.64. The lowest BCUT2D eigenvalue weighted by molar-refractivity contribution is 0.0670. The van der Waals surface area contributed by atoms with Gasteiger partial charge in [-0.15, -0.1) is 0 Å². The van der Waals surface area contributed by atoms with Gasteiger partial charge in [0.05, 0.1) is 13.2 Å². The van der Waals surface area contributed by atoms with Crippen LogP contribution in [0.15, 0.2) is 0 Å². The number of rotatable bonds is 6. The number of ether oxygens (including phenoxy) is 1. The highest BCUT2D eigenvalue weighted by atomic mass is 32.2. The molecule has 0 bridgehead atoms. The highest BCUT2D eigenvalue weighted by Crippen LogP contribution is 2.17. The Morgan fingerprint density at radius 3 is 2.14 bits per heavy atom. The molecular weight excluding hydrogens is 292 g/mol. The Labute approximate surface area is 128 Å². The summed E-state index contributed by atoms with van der Waals surface area (Å²) in [6.07, 6.45) is 2.04. The van der Waals surface area contributed by atoms with E-state index in [1.165, 1.54) is 0 Å². The monoisotopic (exact) mass is 320 g/mol. The molecule has 0 spiro atoms. The highest BCUT2D eigenvalue weighted by Gasteiger charge is 2.34. The number of piperazine rings is 1. The van der Waals surface area contributed by atoms with Crippen molar-refractivity contribution in [1.82, 2.24) is 13.5 Å². The molecular formula is C13H28N4O3S. The summed E-state index contributed by atoms with van der Waals surface area (Å²) in [5.41, 5.74) is 5.65. The largest absolute Gasteiger partial charge is 0.379 e. The maximum atomic E-state index is 12.6. The second-order valence-corrected chi connectivity index (χ2v) is 7.52. The summed E-state index contributed by atoms with van der Waals surface area (Å²) >= 11 is 0. The van der Waals surface area contributed by atoms with Crippen LogP contribution in [0, 0.1) is 0 Å². The van der Waals surface area contributed by atoms with E-state index in [1.807, 2.05) is 0 Å². The standard InChI is InChI=1S/C13H28N4O3S/c1-2-13(3-4-14)15-5-7-16(8-6-15)21(18,19)17-9-11-20-12-10-17/h13H,2-12,14H2,1H3. The molecule has 2 saturated heterocycles. The van der Waals surface area contributed by atoms with Gasteiger partial charge in [0.15, 0.2) is 0 Å². The van der Waals surface area contributed by atoms with Crippen LogP contribution in [0.2, 0.25) is 0 Å². The van der Waals surface area contributed by atoms with E-state index in [4.69, 9.17) is 10.5 Å². The van der Waals surface area contributed by atoms with Crippen molar-refractivity contribution in [3.8, 4) is 0 Å². The van der Waals surface area contributed by atoms with Gasteiger partial charge in [0, 0.05) is 45.3 Å². The third-order valence-corrected chi connectivity index (χ3v) is 6.42. The molecule has 124 valence electrons. The van der Waals surface area contributed by atoms with Crippen LogP contribution in [0.1, 0.15) is 19.8 Å². The van der Waals surface area contributed by atoms with Crippen LogP contribution in [-0.2, 0) is 14.9 Å². The van der Waals surface area contributed by atoms with Crippen molar-refractivity contribution < 1.29 is 13.2 Å². The molecule has 2 N–H and O–H groups in total. The molecule has 0 saturated carbocycles. The molecule has 0 aromatic carbocycles. The van der Waals surface area contributed by atoms with E-state index in [2.05, 4.69) is 11.8 Å². The second kappa shape index (κ2) is 7.85. The normalized spacial score (nSPS) is 25.0. The summed E-state index contributed by atoms with van der Waals surface area (Å²) in [5.74, 6) is 0. The zero-order valence-corrected chi connectivity index (χ0v) is 13.7. The Morgan fingerprint density at radius 2 is 1.62 bits per heavy atom. The fraction of sp³-hybridized carbons (Fsp3) is 1.00. The maximum Gasteiger partial charge on any atom is 0.282 e. The molecule has 2 fully saturated rings.